The Bertz CT molecular complexity index is 955. The Labute approximate surface area is 158 Å². The number of furan rings is 1. The van der Waals surface area contributed by atoms with Gasteiger partial charge in [-0.25, -0.2) is 4.39 Å². The summed E-state index contributed by atoms with van der Waals surface area (Å²) in [4.78, 5) is 12.2. The Morgan fingerprint density at radius 2 is 1.92 bits per heavy atom. The van der Waals surface area contributed by atoms with Gasteiger partial charge >= 0.3 is 0 Å². The van der Waals surface area contributed by atoms with Crippen LogP contribution in [0.2, 0.25) is 0 Å². The van der Waals surface area contributed by atoms with Crippen LogP contribution in [0.3, 0.4) is 0 Å². The van der Waals surface area contributed by atoms with E-state index in [-0.39, 0.29) is 11.7 Å². The largest absolute Gasteiger partial charge is 0.457 e. The molecule has 6 heteroatoms. The van der Waals surface area contributed by atoms with Crippen molar-refractivity contribution in [3.63, 3.8) is 0 Å². The van der Waals surface area contributed by atoms with Crippen LogP contribution in [0.5, 0.6) is 0 Å². The molecule has 0 bridgehead atoms. The molecule has 3 N–H and O–H groups in total. The van der Waals surface area contributed by atoms with Crippen LogP contribution in [0.1, 0.15) is 11.3 Å². The Hall–Kier alpha value is -2.86. The Balaban J connectivity index is 1.70. The summed E-state index contributed by atoms with van der Waals surface area (Å²) in [5.74, 6) is 0.522. The molecule has 0 fully saturated rings. The zero-order chi connectivity index (χ0) is 18.7. The number of hydrogen-bond donors (Lipinski definition) is 2. The number of aryl methyl sites for hydroxylation is 1. The van der Waals surface area contributed by atoms with Gasteiger partial charge in [0.2, 0.25) is 5.91 Å². The first-order valence-corrected chi connectivity index (χ1v) is 8.62. The predicted molar refractivity (Wildman–Crippen MR) is 105 cm³/mol. The van der Waals surface area contributed by atoms with Gasteiger partial charge in [0, 0.05) is 21.8 Å². The molecular weight excluding hydrogens is 399 g/mol. The quantitative estimate of drug-likeness (QED) is 0.444. The molecule has 4 nitrogen and oxygen atoms in total. The van der Waals surface area contributed by atoms with Gasteiger partial charge in [-0.3, -0.25) is 4.79 Å². The summed E-state index contributed by atoms with van der Waals surface area (Å²) < 4.78 is 19.4. The van der Waals surface area contributed by atoms with Gasteiger partial charge in [-0.1, -0.05) is 0 Å². The van der Waals surface area contributed by atoms with E-state index in [4.69, 9.17) is 10.2 Å². The maximum atomic E-state index is 13.0. The fourth-order valence-corrected chi connectivity index (χ4v) is 3.14. The lowest BCUT2D eigenvalue weighted by atomic mass is 10.2. The van der Waals surface area contributed by atoms with Crippen molar-refractivity contribution in [2.24, 2.45) is 0 Å². The van der Waals surface area contributed by atoms with E-state index in [0.717, 1.165) is 11.1 Å². The number of nitrogen functional groups attached to an aromatic ring is 1. The summed E-state index contributed by atoms with van der Waals surface area (Å²) in [6.45, 7) is 1.86. The zero-order valence-corrected chi connectivity index (χ0v) is 15.5. The smallest absolute Gasteiger partial charge is 0.248 e. The standard InChI is InChI=1S/C20H16BrFN2O2/c1-12-10-15(23)11-17(21)20(12)24-19(25)9-7-16-6-8-18(26-16)13-2-4-14(22)5-3-13/h2-11H,23H2,1H3,(H,24,25)/b9-7+. The molecule has 26 heavy (non-hydrogen) atoms. The zero-order valence-electron chi connectivity index (χ0n) is 13.9. The minimum absolute atomic E-state index is 0.293. The third kappa shape index (κ3) is 4.21. The second-order valence-electron chi connectivity index (χ2n) is 5.73. The molecule has 3 aromatic rings. The number of carbonyl (C=O) groups excluding carboxylic acids is 1. The number of nitrogens with one attached hydrogen (secondary N) is 1. The molecule has 1 amide bonds. The second kappa shape index (κ2) is 7.58. The van der Waals surface area contributed by atoms with Crippen molar-refractivity contribution in [1.82, 2.24) is 0 Å². The Morgan fingerprint density at radius 3 is 2.62 bits per heavy atom. The first-order valence-electron chi connectivity index (χ1n) is 7.83. The highest BCUT2D eigenvalue weighted by molar-refractivity contribution is 9.10. The Kier molecular flexibility index (Phi) is 5.23. The van der Waals surface area contributed by atoms with Crippen molar-refractivity contribution >= 4 is 39.3 Å². The van der Waals surface area contributed by atoms with E-state index in [1.165, 1.54) is 18.2 Å². The van der Waals surface area contributed by atoms with Gasteiger partial charge in [-0.2, -0.15) is 0 Å². The highest BCUT2D eigenvalue weighted by Gasteiger charge is 2.08. The van der Waals surface area contributed by atoms with E-state index < -0.39 is 0 Å². The topological polar surface area (TPSA) is 68.3 Å². The number of hydrogen-bond acceptors (Lipinski definition) is 3. The maximum Gasteiger partial charge on any atom is 0.248 e. The van der Waals surface area contributed by atoms with E-state index >= 15 is 0 Å². The molecule has 0 aliphatic carbocycles. The Morgan fingerprint density at radius 1 is 1.19 bits per heavy atom. The van der Waals surface area contributed by atoms with Crippen molar-refractivity contribution in [1.29, 1.82) is 0 Å². The molecule has 0 aliphatic rings. The van der Waals surface area contributed by atoms with Gasteiger partial charge in [-0.05, 0) is 83.0 Å². The second-order valence-corrected chi connectivity index (χ2v) is 6.58. The van der Waals surface area contributed by atoms with Gasteiger partial charge in [0.25, 0.3) is 0 Å². The monoisotopic (exact) mass is 414 g/mol. The van der Waals surface area contributed by atoms with Crippen LogP contribution in [0.4, 0.5) is 15.8 Å². The third-order valence-electron chi connectivity index (χ3n) is 3.71. The van der Waals surface area contributed by atoms with Crippen LogP contribution in [0.15, 0.2) is 63.5 Å². The van der Waals surface area contributed by atoms with Crippen molar-refractivity contribution in [2.45, 2.75) is 6.92 Å². The van der Waals surface area contributed by atoms with Crippen molar-refractivity contribution in [3.05, 3.63) is 76.2 Å². The summed E-state index contributed by atoms with van der Waals surface area (Å²) in [7, 11) is 0. The highest BCUT2D eigenvalue weighted by atomic mass is 79.9. The van der Waals surface area contributed by atoms with Crippen LogP contribution in [-0.2, 0) is 4.79 Å². The number of carbonyl (C=O) groups is 1. The molecule has 0 aliphatic heterocycles. The third-order valence-corrected chi connectivity index (χ3v) is 4.34. The van der Waals surface area contributed by atoms with E-state index in [1.54, 1.807) is 42.5 Å². The summed E-state index contributed by atoms with van der Waals surface area (Å²) in [6, 6.07) is 13.0. The summed E-state index contributed by atoms with van der Waals surface area (Å²) in [6.07, 6.45) is 2.96. The molecule has 0 radical (unpaired) electrons. The van der Waals surface area contributed by atoms with E-state index in [0.29, 0.717) is 27.4 Å². The van der Waals surface area contributed by atoms with E-state index in [2.05, 4.69) is 21.2 Å². The predicted octanol–water partition coefficient (Wildman–Crippen LogP) is 5.39. The average molecular weight is 415 g/mol. The molecule has 132 valence electrons. The van der Waals surface area contributed by atoms with Crippen molar-refractivity contribution in [2.75, 3.05) is 11.1 Å². The average Bonchev–Trinajstić information content (AvgIpc) is 3.06. The number of nitrogens with two attached hydrogens (primary N) is 1. The molecular formula is C20H16BrFN2O2. The first-order chi connectivity index (χ1) is 12.4. The number of amides is 1. The first kappa shape index (κ1) is 17.9. The molecule has 2 aromatic carbocycles. The SMILES string of the molecule is Cc1cc(N)cc(Br)c1NC(=O)/C=C/c1ccc(-c2ccc(F)cc2)o1. The van der Waals surface area contributed by atoms with Crippen molar-refractivity contribution < 1.29 is 13.6 Å². The number of rotatable bonds is 4. The van der Waals surface area contributed by atoms with E-state index in [1.807, 2.05) is 6.92 Å². The lowest BCUT2D eigenvalue weighted by Gasteiger charge is -2.10. The van der Waals surface area contributed by atoms with Crippen LogP contribution in [0.25, 0.3) is 17.4 Å². The van der Waals surface area contributed by atoms with Crippen molar-refractivity contribution in [3.8, 4) is 11.3 Å². The number of halogens is 2. The minimum Gasteiger partial charge on any atom is -0.457 e. The summed E-state index contributed by atoms with van der Waals surface area (Å²) in [5.41, 5.74) is 8.66. The summed E-state index contributed by atoms with van der Waals surface area (Å²) >= 11 is 3.39. The van der Waals surface area contributed by atoms with Crippen LogP contribution in [0, 0.1) is 12.7 Å². The lowest BCUT2D eigenvalue weighted by Crippen LogP contribution is -2.09. The lowest BCUT2D eigenvalue weighted by molar-refractivity contribution is -0.111. The van der Waals surface area contributed by atoms with Gasteiger partial charge in [0.05, 0.1) is 5.69 Å². The van der Waals surface area contributed by atoms with Crippen LogP contribution < -0.4 is 11.1 Å². The highest BCUT2D eigenvalue weighted by Crippen LogP contribution is 2.29. The summed E-state index contributed by atoms with van der Waals surface area (Å²) in [5, 5.41) is 2.81. The number of anilines is 2. The molecule has 0 saturated heterocycles. The molecule has 0 atom stereocenters. The molecule has 0 spiro atoms. The van der Waals surface area contributed by atoms with Gasteiger partial charge in [0.15, 0.2) is 0 Å². The molecule has 3 rings (SSSR count). The fraction of sp³-hybridized carbons (Fsp3) is 0.0500. The number of benzene rings is 2. The van der Waals surface area contributed by atoms with Gasteiger partial charge in [0.1, 0.15) is 17.3 Å². The molecule has 0 saturated carbocycles. The fourth-order valence-electron chi connectivity index (χ4n) is 2.46. The van der Waals surface area contributed by atoms with E-state index in [9.17, 15) is 9.18 Å². The minimum atomic E-state index is -0.304. The molecule has 1 aromatic heterocycles. The van der Waals surface area contributed by atoms with Crippen LogP contribution in [-0.4, -0.2) is 5.91 Å². The molecule has 1 heterocycles. The normalized spacial score (nSPS) is 11.0. The van der Waals surface area contributed by atoms with Crippen LogP contribution >= 0.6 is 15.9 Å². The van der Waals surface area contributed by atoms with Gasteiger partial charge in [-0.15, -0.1) is 0 Å². The van der Waals surface area contributed by atoms with Gasteiger partial charge < -0.3 is 15.5 Å². The molecule has 0 unspecified atom stereocenters. The maximum absolute atomic E-state index is 13.0.